The molecule has 0 bridgehead atoms. The summed E-state index contributed by atoms with van der Waals surface area (Å²) in [6.45, 7) is 4.77. The molecular formula is C15H21F4NO5. The summed E-state index contributed by atoms with van der Waals surface area (Å²) < 4.78 is 68.0. The zero-order chi connectivity index (χ0) is 19.5. The quantitative estimate of drug-likeness (QED) is 0.292. The molecule has 1 rings (SSSR count). The molecule has 10 heteroatoms. The molecule has 0 aromatic heterocycles. The molecule has 1 amide bonds. The summed E-state index contributed by atoms with van der Waals surface area (Å²) in [4.78, 5) is 22.4. The minimum absolute atomic E-state index is 0.166. The van der Waals surface area contributed by atoms with Gasteiger partial charge < -0.3 is 19.5 Å². The van der Waals surface area contributed by atoms with Crippen LogP contribution >= 0.6 is 0 Å². The van der Waals surface area contributed by atoms with Gasteiger partial charge in [-0.05, 0) is 20.8 Å². The fourth-order valence-corrected chi connectivity index (χ4v) is 1.59. The summed E-state index contributed by atoms with van der Waals surface area (Å²) in [7, 11) is 0. The van der Waals surface area contributed by atoms with E-state index in [9.17, 15) is 27.2 Å². The van der Waals surface area contributed by atoms with Crippen LogP contribution in [0.1, 0.15) is 27.2 Å². The van der Waals surface area contributed by atoms with Crippen molar-refractivity contribution < 1.29 is 41.4 Å². The van der Waals surface area contributed by atoms with Gasteiger partial charge in [0, 0.05) is 12.0 Å². The molecule has 1 aliphatic rings. The maximum atomic E-state index is 14.0. The summed E-state index contributed by atoms with van der Waals surface area (Å²) >= 11 is 0. The second-order valence-corrected chi connectivity index (χ2v) is 6.19. The Morgan fingerprint density at radius 3 is 2.36 bits per heavy atom. The Balaban J connectivity index is 2.35. The molecular weight excluding hydrogens is 350 g/mol. The van der Waals surface area contributed by atoms with Crippen molar-refractivity contribution in [2.75, 3.05) is 19.8 Å². The van der Waals surface area contributed by atoms with Crippen molar-refractivity contribution in [2.45, 2.75) is 50.7 Å². The highest BCUT2D eigenvalue weighted by molar-refractivity contribution is 5.86. The molecule has 1 saturated carbocycles. The number of carbonyl (C=O) groups excluding carboxylic acids is 2. The molecule has 25 heavy (non-hydrogen) atoms. The van der Waals surface area contributed by atoms with Gasteiger partial charge in [-0.25, -0.2) is 18.4 Å². The molecule has 6 nitrogen and oxygen atoms in total. The lowest BCUT2D eigenvalue weighted by atomic mass is 10.0. The number of esters is 1. The van der Waals surface area contributed by atoms with Crippen molar-refractivity contribution in [1.29, 1.82) is 0 Å². The molecule has 0 aliphatic heterocycles. The van der Waals surface area contributed by atoms with E-state index in [1.165, 1.54) is 6.92 Å². The summed E-state index contributed by atoms with van der Waals surface area (Å²) in [5.41, 5.74) is -2.22. The first kappa shape index (κ1) is 21.2. The summed E-state index contributed by atoms with van der Waals surface area (Å²) in [5, 5.41) is 2.09. The van der Waals surface area contributed by atoms with Gasteiger partial charge in [-0.15, -0.1) is 0 Å². The van der Waals surface area contributed by atoms with Crippen LogP contribution in [-0.2, 0) is 19.0 Å². The third-order valence-corrected chi connectivity index (χ3v) is 3.41. The van der Waals surface area contributed by atoms with E-state index in [4.69, 9.17) is 0 Å². The van der Waals surface area contributed by atoms with Gasteiger partial charge in [0.25, 0.3) is 0 Å². The van der Waals surface area contributed by atoms with E-state index in [-0.39, 0.29) is 18.7 Å². The van der Waals surface area contributed by atoms with E-state index >= 15 is 0 Å². The van der Waals surface area contributed by atoms with E-state index in [1.807, 2.05) is 0 Å². The van der Waals surface area contributed by atoms with Crippen LogP contribution in [0, 0.1) is 0 Å². The molecule has 0 heterocycles. The van der Waals surface area contributed by atoms with Gasteiger partial charge in [0.15, 0.2) is 12.8 Å². The fourth-order valence-electron chi connectivity index (χ4n) is 1.59. The number of carbonyl (C=O) groups is 2. The normalized spacial score (nSPS) is 22.9. The predicted molar refractivity (Wildman–Crippen MR) is 78.6 cm³/mol. The van der Waals surface area contributed by atoms with Gasteiger partial charge in [-0.3, -0.25) is 0 Å². The predicted octanol–water partition coefficient (Wildman–Crippen LogP) is 2.67. The van der Waals surface area contributed by atoms with E-state index in [2.05, 4.69) is 26.1 Å². The van der Waals surface area contributed by atoms with Crippen LogP contribution in [0.25, 0.3) is 0 Å². The number of amides is 1. The Morgan fingerprint density at radius 1 is 1.32 bits per heavy atom. The zero-order valence-electron chi connectivity index (χ0n) is 14.2. The highest BCUT2D eigenvalue weighted by Gasteiger charge is 2.64. The molecule has 0 saturated heterocycles. The molecule has 1 aliphatic carbocycles. The Kier molecular flexibility index (Phi) is 6.44. The standard InChI is InChI=1S/C15H21F4NO5/c1-9(2)11(21)23-6-5-20-12(22)24-8-15(18,19)13(3,4)25-14(17)7-10(14)16/h10H,1,5-8H2,2-4H3,(H,20,22). The number of rotatable bonds is 9. The summed E-state index contributed by atoms with van der Waals surface area (Å²) in [6.07, 6.45) is -3.75. The average molecular weight is 371 g/mol. The molecule has 0 radical (unpaired) electrons. The van der Waals surface area contributed by atoms with Crippen molar-refractivity contribution in [3.63, 3.8) is 0 Å². The first-order valence-electron chi connectivity index (χ1n) is 7.45. The van der Waals surface area contributed by atoms with Crippen molar-refractivity contribution in [3.8, 4) is 0 Å². The van der Waals surface area contributed by atoms with Crippen molar-refractivity contribution in [3.05, 3.63) is 12.2 Å². The van der Waals surface area contributed by atoms with Gasteiger partial charge in [0.1, 0.15) is 12.2 Å². The van der Waals surface area contributed by atoms with Gasteiger partial charge in [0.05, 0.1) is 6.54 Å². The smallest absolute Gasteiger partial charge is 0.407 e. The van der Waals surface area contributed by atoms with Gasteiger partial charge in [0.2, 0.25) is 5.85 Å². The maximum Gasteiger partial charge on any atom is 0.407 e. The molecule has 2 unspecified atom stereocenters. The van der Waals surface area contributed by atoms with E-state index in [0.29, 0.717) is 0 Å². The van der Waals surface area contributed by atoms with Crippen LogP contribution in [0.4, 0.5) is 22.4 Å². The van der Waals surface area contributed by atoms with Crippen molar-refractivity contribution >= 4 is 12.1 Å². The molecule has 1 fully saturated rings. The van der Waals surface area contributed by atoms with Crippen molar-refractivity contribution in [1.82, 2.24) is 5.32 Å². The summed E-state index contributed by atoms with van der Waals surface area (Å²) in [5.74, 6) is -7.16. The highest BCUT2D eigenvalue weighted by atomic mass is 19.3. The monoisotopic (exact) mass is 371 g/mol. The minimum Gasteiger partial charge on any atom is -0.460 e. The van der Waals surface area contributed by atoms with Crippen LogP contribution in [-0.4, -0.2) is 55.4 Å². The highest BCUT2D eigenvalue weighted by Crippen LogP contribution is 2.49. The molecule has 0 aromatic carbocycles. The maximum absolute atomic E-state index is 14.0. The van der Waals surface area contributed by atoms with Gasteiger partial charge >= 0.3 is 18.0 Å². The lowest BCUT2D eigenvalue weighted by molar-refractivity contribution is -0.261. The second-order valence-electron chi connectivity index (χ2n) is 6.19. The largest absolute Gasteiger partial charge is 0.460 e. The molecule has 2 atom stereocenters. The number of nitrogens with one attached hydrogen (secondary N) is 1. The second kappa shape index (κ2) is 7.59. The molecule has 144 valence electrons. The number of halogens is 4. The Labute approximate surface area is 142 Å². The average Bonchev–Trinajstić information content (AvgIpc) is 3.06. The van der Waals surface area contributed by atoms with Crippen LogP contribution < -0.4 is 5.32 Å². The van der Waals surface area contributed by atoms with E-state index < -0.39 is 48.6 Å². The third kappa shape index (κ3) is 5.87. The number of hydrogen-bond acceptors (Lipinski definition) is 5. The first-order valence-corrected chi connectivity index (χ1v) is 7.45. The number of ether oxygens (including phenoxy) is 3. The molecule has 0 aromatic rings. The van der Waals surface area contributed by atoms with Crippen molar-refractivity contribution in [2.24, 2.45) is 0 Å². The zero-order valence-corrected chi connectivity index (χ0v) is 14.2. The first-order chi connectivity index (χ1) is 11.3. The van der Waals surface area contributed by atoms with Crippen LogP contribution in [0.2, 0.25) is 0 Å². The van der Waals surface area contributed by atoms with E-state index in [0.717, 1.165) is 13.8 Å². The SMILES string of the molecule is C=C(C)C(=O)OCCNC(=O)OCC(F)(F)C(C)(C)OC1(F)CC1F. The molecule has 0 spiro atoms. The van der Waals surface area contributed by atoms with Gasteiger partial charge in [-0.1, -0.05) is 6.58 Å². The minimum atomic E-state index is -3.77. The van der Waals surface area contributed by atoms with E-state index in [1.54, 1.807) is 0 Å². The summed E-state index contributed by atoms with van der Waals surface area (Å²) in [6, 6.07) is 0. The number of hydrogen-bond donors (Lipinski definition) is 1. The third-order valence-electron chi connectivity index (χ3n) is 3.41. The Morgan fingerprint density at radius 2 is 1.88 bits per heavy atom. The Bertz CT molecular complexity index is 540. The van der Waals surface area contributed by atoms with Crippen LogP contribution in [0.3, 0.4) is 0 Å². The lowest BCUT2D eigenvalue weighted by Crippen LogP contribution is -2.51. The van der Waals surface area contributed by atoms with Gasteiger partial charge in [-0.2, -0.15) is 8.78 Å². The fraction of sp³-hybridized carbons (Fsp3) is 0.733. The number of alkyl carbamates (subject to hydrolysis) is 1. The topological polar surface area (TPSA) is 73.9 Å². The Hall–Kier alpha value is -1.84. The van der Waals surface area contributed by atoms with Crippen LogP contribution in [0.15, 0.2) is 12.2 Å². The molecule has 1 N–H and O–H groups in total. The lowest BCUT2D eigenvalue weighted by Gasteiger charge is -2.34. The number of alkyl halides is 4. The van der Waals surface area contributed by atoms with Crippen LogP contribution in [0.5, 0.6) is 0 Å².